The number of nitrogens with zero attached hydrogens (tertiary/aromatic N) is 1. The lowest BCUT2D eigenvalue weighted by Crippen LogP contribution is -2.47. The number of morpholine rings is 1. The molecule has 1 N–H and O–H groups in total. The van der Waals surface area contributed by atoms with Crippen LogP contribution in [-0.4, -0.2) is 52.2 Å². The smallest absolute Gasteiger partial charge is 0.240 e. The Kier molecular flexibility index (Phi) is 5.09. The van der Waals surface area contributed by atoms with Crippen molar-refractivity contribution in [2.24, 2.45) is 0 Å². The lowest BCUT2D eigenvalue weighted by atomic mass is 10.2. The van der Waals surface area contributed by atoms with E-state index in [-0.39, 0.29) is 10.9 Å². The highest BCUT2D eigenvalue weighted by atomic mass is 32.2. The molecule has 0 saturated carbocycles. The summed E-state index contributed by atoms with van der Waals surface area (Å²) >= 11 is 0. The molecule has 1 aromatic carbocycles. The van der Waals surface area contributed by atoms with E-state index in [9.17, 15) is 12.8 Å². The van der Waals surface area contributed by atoms with Crippen molar-refractivity contribution in [3.8, 4) is 0 Å². The number of rotatable bonds is 5. The predicted molar refractivity (Wildman–Crippen MR) is 73.4 cm³/mol. The number of sulfonamides is 1. The van der Waals surface area contributed by atoms with Crippen molar-refractivity contribution in [1.29, 1.82) is 0 Å². The van der Waals surface area contributed by atoms with Gasteiger partial charge >= 0.3 is 0 Å². The summed E-state index contributed by atoms with van der Waals surface area (Å²) in [5, 5.41) is 0. The average molecular weight is 302 g/mol. The maximum atomic E-state index is 13.1. The summed E-state index contributed by atoms with van der Waals surface area (Å²) in [5.74, 6) is -0.561. The van der Waals surface area contributed by atoms with Gasteiger partial charge in [0.05, 0.1) is 18.1 Å². The van der Waals surface area contributed by atoms with Crippen LogP contribution >= 0.6 is 0 Å². The Hall–Kier alpha value is -1.02. The standard InChI is InChI=1S/C13H19FN2O3S/c1-11(16-5-7-19-8-6-16)10-15-20(17,18)13-4-2-3-12(14)9-13/h2-4,9,11,15H,5-8,10H2,1H3/t11-/m1/s1. The van der Waals surface area contributed by atoms with Crippen LogP contribution in [0, 0.1) is 5.82 Å². The number of hydrogen-bond acceptors (Lipinski definition) is 4. The highest BCUT2D eigenvalue weighted by Gasteiger charge is 2.20. The summed E-state index contributed by atoms with van der Waals surface area (Å²) in [6, 6.07) is 5.07. The molecule has 0 aliphatic carbocycles. The zero-order valence-corrected chi connectivity index (χ0v) is 12.2. The second-order valence-corrected chi connectivity index (χ2v) is 6.57. The Balaban J connectivity index is 1.95. The van der Waals surface area contributed by atoms with Gasteiger partial charge in [0.2, 0.25) is 10.0 Å². The monoisotopic (exact) mass is 302 g/mol. The lowest BCUT2D eigenvalue weighted by molar-refractivity contribution is 0.0213. The molecule has 1 aliphatic rings. The minimum absolute atomic E-state index is 0.0494. The van der Waals surface area contributed by atoms with E-state index in [1.165, 1.54) is 18.2 Å². The third-order valence-electron chi connectivity index (χ3n) is 3.34. The van der Waals surface area contributed by atoms with Gasteiger partial charge in [-0.25, -0.2) is 17.5 Å². The third-order valence-corrected chi connectivity index (χ3v) is 4.77. The molecule has 0 amide bonds. The van der Waals surface area contributed by atoms with Crippen molar-refractivity contribution >= 4 is 10.0 Å². The molecule has 0 bridgehead atoms. The first-order chi connectivity index (χ1) is 9.49. The fourth-order valence-electron chi connectivity index (χ4n) is 2.10. The van der Waals surface area contributed by atoms with Crippen LogP contribution in [0.3, 0.4) is 0 Å². The molecule has 2 rings (SSSR count). The first kappa shape index (κ1) is 15.4. The van der Waals surface area contributed by atoms with Gasteiger partial charge < -0.3 is 4.74 Å². The van der Waals surface area contributed by atoms with Gasteiger partial charge in [0.1, 0.15) is 5.82 Å². The predicted octanol–water partition coefficient (Wildman–Crippen LogP) is 0.825. The topological polar surface area (TPSA) is 58.6 Å². The molecule has 1 atom stereocenters. The number of halogens is 1. The molecule has 0 radical (unpaired) electrons. The summed E-state index contributed by atoms with van der Waals surface area (Å²) in [7, 11) is -3.66. The molecule has 1 aromatic rings. The quantitative estimate of drug-likeness (QED) is 0.875. The molecule has 1 heterocycles. The molecule has 7 heteroatoms. The number of ether oxygens (including phenoxy) is 1. The first-order valence-corrected chi connectivity index (χ1v) is 8.04. The Morgan fingerprint density at radius 2 is 2.10 bits per heavy atom. The molecule has 0 aromatic heterocycles. The van der Waals surface area contributed by atoms with Gasteiger partial charge in [0.25, 0.3) is 0 Å². The number of benzene rings is 1. The van der Waals surface area contributed by atoms with Gasteiger partial charge in [0.15, 0.2) is 0 Å². The van der Waals surface area contributed by atoms with Crippen molar-refractivity contribution in [2.45, 2.75) is 17.9 Å². The highest BCUT2D eigenvalue weighted by molar-refractivity contribution is 7.89. The fourth-order valence-corrected chi connectivity index (χ4v) is 3.25. The molecule has 1 saturated heterocycles. The summed E-state index contributed by atoms with van der Waals surface area (Å²) in [6.07, 6.45) is 0. The van der Waals surface area contributed by atoms with Gasteiger partial charge in [-0.3, -0.25) is 4.90 Å². The van der Waals surface area contributed by atoms with Crippen LogP contribution in [-0.2, 0) is 14.8 Å². The number of hydrogen-bond donors (Lipinski definition) is 1. The van der Waals surface area contributed by atoms with E-state index in [2.05, 4.69) is 9.62 Å². The molecule has 5 nitrogen and oxygen atoms in total. The van der Waals surface area contributed by atoms with Gasteiger partial charge in [-0.1, -0.05) is 6.07 Å². The van der Waals surface area contributed by atoms with Crippen molar-refractivity contribution in [3.05, 3.63) is 30.1 Å². The van der Waals surface area contributed by atoms with Crippen LogP contribution in [0.25, 0.3) is 0 Å². The van der Waals surface area contributed by atoms with Crippen LogP contribution < -0.4 is 4.72 Å². The molecule has 1 fully saturated rings. The fraction of sp³-hybridized carbons (Fsp3) is 0.538. The van der Waals surface area contributed by atoms with Crippen LogP contribution in [0.5, 0.6) is 0 Å². The molecule has 1 aliphatic heterocycles. The van der Waals surface area contributed by atoms with Gasteiger partial charge in [-0.2, -0.15) is 0 Å². The second kappa shape index (κ2) is 6.62. The SMILES string of the molecule is C[C@H](CNS(=O)(=O)c1cccc(F)c1)N1CCOCC1. The summed E-state index contributed by atoms with van der Waals surface area (Å²) < 4.78 is 45.0. The molecular weight excluding hydrogens is 283 g/mol. The molecular formula is C13H19FN2O3S. The van der Waals surface area contributed by atoms with Crippen molar-refractivity contribution in [3.63, 3.8) is 0 Å². The summed E-state index contributed by atoms with van der Waals surface area (Å²) in [6.45, 7) is 5.17. The van der Waals surface area contributed by atoms with Crippen molar-refractivity contribution in [1.82, 2.24) is 9.62 Å². The Morgan fingerprint density at radius 1 is 1.40 bits per heavy atom. The molecule has 0 unspecified atom stereocenters. The largest absolute Gasteiger partial charge is 0.379 e. The first-order valence-electron chi connectivity index (χ1n) is 6.56. The second-order valence-electron chi connectivity index (χ2n) is 4.81. The van der Waals surface area contributed by atoms with E-state index in [0.29, 0.717) is 19.8 Å². The van der Waals surface area contributed by atoms with Gasteiger partial charge in [-0.05, 0) is 25.1 Å². The van der Waals surface area contributed by atoms with E-state index in [1.807, 2.05) is 6.92 Å². The minimum atomic E-state index is -3.66. The van der Waals surface area contributed by atoms with Crippen LogP contribution in [0.1, 0.15) is 6.92 Å². The maximum Gasteiger partial charge on any atom is 0.240 e. The van der Waals surface area contributed by atoms with Crippen LogP contribution in [0.4, 0.5) is 4.39 Å². The van der Waals surface area contributed by atoms with Gasteiger partial charge in [0, 0.05) is 25.7 Å². The normalized spacial score (nSPS) is 18.9. The Morgan fingerprint density at radius 3 is 2.75 bits per heavy atom. The maximum absolute atomic E-state index is 13.1. The molecule has 112 valence electrons. The van der Waals surface area contributed by atoms with Crippen LogP contribution in [0.2, 0.25) is 0 Å². The average Bonchev–Trinajstić information content (AvgIpc) is 2.46. The van der Waals surface area contributed by atoms with E-state index in [0.717, 1.165) is 19.2 Å². The highest BCUT2D eigenvalue weighted by Crippen LogP contribution is 2.11. The zero-order chi connectivity index (χ0) is 14.6. The molecule has 0 spiro atoms. The van der Waals surface area contributed by atoms with E-state index in [1.54, 1.807) is 0 Å². The van der Waals surface area contributed by atoms with E-state index in [4.69, 9.17) is 4.74 Å². The van der Waals surface area contributed by atoms with Crippen LogP contribution in [0.15, 0.2) is 29.2 Å². The Bertz CT molecular complexity index is 544. The van der Waals surface area contributed by atoms with Gasteiger partial charge in [-0.15, -0.1) is 0 Å². The summed E-state index contributed by atoms with van der Waals surface area (Å²) in [4.78, 5) is 2.11. The lowest BCUT2D eigenvalue weighted by Gasteiger charge is -2.32. The van der Waals surface area contributed by atoms with E-state index < -0.39 is 15.8 Å². The summed E-state index contributed by atoms with van der Waals surface area (Å²) in [5.41, 5.74) is 0. The molecule has 20 heavy (non-hydrogen) atoms. The Labute approximate surface area is 118 Å². The third kappa shape index (κ3) is 3.99. The van der Waals surface area contributed by atoms with E-state index >= 15 is 0 Å². The minimum Gasteiger partial charge on any atom is -0.379 e. The van der Waals surface area contributed by atoms with Crippen molar-refractivity contribution < 1.29 is 17.5 Å². The van der Waals surface area contributed by atoms with Crippen molar-refractivity contribution in [2.75, 3.05) is 32.8 Å². The number of nitrogens with one attached hydrogen (secondary N) is 1. The zero-order valence-electron chi connectivity index (χ0n) is 11.4.